The van der Waals surface area contributed by atoms with Crippen LogP contribution < -0.4 is 15.5 Å². The van der Waals surface area contributed by atoms with Crippen molar-refractivity contribution in [1.82, 2.24) is 0 Å². The summed E-state index contributed by atoms with van der Waals surface area (Å²) in [5.74, 6) is -0.605. The van der Waals surface area contributed by atoms with Gasteiger partial charge in [0.15, 0.2) is 9.84 Å². The van der Waals surface area contributed by atoms with Gasteiger partial charge in [-0.3, -0.25) is 4.79 Å². The van der Waals surface area contributed by atoms with Crippen molar-refractivity contribution in [3.05, 3.63) is 75.4 Å². The highest BCUT2D eigenvalue weighted by atomic mass is 127. The zero-order valence-electron chi connectivity index (χ0n) is 19.2. The molecule has 36 heavy (non-hydrogen) atoms. The van der Waals surface area contributed by atoms with Crippen LogP contribution in [0, 0.1) is 3.57 Å². The molecular weight excluding hydrogens is 606 g/mol. The molecule has 3 aromatic carbocycles. The van der Waals surface area contributed by atoms with E-state index in [0.717, 1.165) is 22.0 Å². The molecule has 1 saturated heterocycles. The van der Waals surface area contributed by atoms with Gasteiger partial charge in [-0.1, -0.05) is 12.1 Å². The Bertz CT molecular complexity index is 1400. The maximum absolute atomic E-state index is 12.9. The number of alkyl halides is 3. The van der Waals surface area contributed by atoms with Crippen LogP contribution in [0.15, 0.2) is 65.6 Å². The predicted octanol–water partition coefficient (Wildman–Crippen LogP) is 4.81. The van der Waals surface area contributed by atoms with Crippen LogP contribution in [-0.4, -0.2) is 46.8 Å². The number of rotatable bonds is 5. The fourth-order valence-corrected chi connectivity index (χ4v) is 5.56. The van der Waals surface area contributed by atoms with Crippen LogP contribution in [0.1, 0.15) is 15.9 Å². The average molecular weight is 629 g/mol. The van der Waals surface area contributed by atoms with E-state index < -0.39 is 27.5 Å². The SMILES string of the molecule is CS(=O)(=O)c1ccc(I)c(-c2cccc(C(N)=O)c2N2CCN(c3ccc(C(F)(F)F)cc3)CC2)c1. The lowest BCUT2D eigenvalue weighted by molar-refractivity contribution is -0.137. The van der Waals surface area contributed by atoms with Gasteiger partial charge in [-0.15, -0.1) is 0 Å². The number of benzene rings is 3. The quantitative estimate of drug-likeness (QED) is 0.410. The van der Waals surface area contributed by atoms with Crippen molar-refractivity contribution >= 4 is 49.7 Å². The third kappa shape index (κ3) is 5.46. The number of hydrogen-bond donors (Lipinski definition) is 1. The highest BCUT2D eigenvalue weighted by molar-refractivity contribution is 14.1. The summed E-state index contributed by atoms with van der Waals surface area (Å²) in [7, 11) is -3.45. The molecule has 0 bridgehead atoms. The first-order valence-electron chi connectivity index (χ1n) is 11.0. The standard InChI is InChI=1S/C25H23F3IN3O3S/c1-36(34,35)18-9-10-22(29)21(15-18)19-3-2-4-20(24(30)33)23(19)32-13-11-31(12-14-32)17-7-5-16(6-8-17)25(26,27)28/h2-10,15H,11-14H2,1H3,(H2,30,33). The monoisotopic (exact) mass is 629 g/mol. The molecule has 0 unspecified atom stereocenters. The molecule has 0 aromatic heterocycles. The van der Waals surface area contributed by atoms with Gasteiger partial charge >= 0.3 is 6.18 Å². The fraction of sp³-hybridized carbons (Fsp3) is 0.240. The number of carbonyl (C=O) groups excluding carboxylic acids is 1. The molecule has 0 radical (unpaired) electrons. The summed E-state index contributed by atoms with van der Waals surface area (Å²) in [6.07, 6.45) is -3.25. The van der Waals surface area contributed by atoms with Crippen molar-refractivity contribution in [2.75, 3.05) is 42.2 Å². The Morgan fingerprint density at radius 1 is 0.917 bits per heavy atom. The molecule has 0 atom stereocenters. The van der Waals surface area contributed by atoms with Crippen molar-refractivity contribution in [1.29, 1.82) is 0 Å². The number of nitrogens with two attached hydrogens (primary N) is 1. The van der Waals surface area contributed by atoms with E-state index in [1.54, 1.807) is 30.3 Å². The Kier molecular flexibility index (Phi) is 7.24. The second kappa shape index (κ2) is 9.92. The van der Waals surface area contributed by atoms with Crippen LogP contribution in [0.4, 0.5) is 24.5 Å². The normalized spacial score (nSPS) is 14.7. The summed E-state index contributed by atoms with van der Waals surface area (Å²) in [6.45, 7) is 2.00. The van der Waals surface area contributed by atoms with E-state index in [1.807, 2.05) is 15.9 Å². The summed E-state index contributed by atoms with van der Waals surface area (Å²) in [5.41, 5.74) is 7.97. The van der Waals surface area contributed by atoms with Gasteiger partial charge in [-0.25, -0.2) is 8.42 Å². The van der Waals surface area contributed by atoms with E-state index in [4.69, 9.17) is 5.73 Å². The second-order valence-electron chi connectivity index (χ2n) is 8.50. The number of nitrogens with zero attached hydrogens (tertiary/aromatic N) is 2. The number of hydrogen-bond acceptors (Lipinski definition) is 5. The van der Waals surface area contributed by atoms with Gasteiger partial charge in [0.25, 0.3) is 5.91 Å². The largest absolute Gasteiger partial charge is 0.416 e. The van der Waals surface area contributed by atoms with Crippen molar-refractivity contribution in [3.63, 3.8) is 0 Å². The Morgan fingerprint density at radius 2 is 1.53 bits per heavy atom. The van der Waals surface area contributed by atoms with E-state index in [2.05, 4.69) is 22.6 Å². The van der Waals surface area contributed by atoms with Gasteiger partial charge < -0.3 is 15.5 Å². The van der Waals surface area contributed by atoms with Crippen LogP contribution in [0.2, 0.25) is 0 Å². The first-order chi connectivity index (χ1) is 16.9. The Labute approximate surface area is 220 Å². The number of carbonyl (C=O) groups is 1. The molecule has 2 N–H and O–H groups in total. The molecule has 3 aromatic rings. The van der Waals surface area contributed by atoms with E-state index in [0.29, 0.717) is 54.2 Å². The summed E-state index contributed by atoms with van der Waals surface area (Å²) in [4.78, 5) is 16.5. The molecule has 6 nitrogen and oxygen atoms in total. The van der Waals surface area contributed by atoms with Gasteiger partial charge in [0.2, 0.25) is 0 Å². The van der Waals surface area contributed by atoms with Crippen LogP contribution in [0.5, 0.6) is 0 Å². The molecular formula is C25H23F3IN3O3S. The summed E-state index contributed by atoms with van der Waals surface area (Å²) >= 11 is 2.13. The van der Waals surface area contributed by atoms with E-state index >= 15 is 0 Å². The number of piperazine rings is 1. The maximum atomic E-state index is 12.9. The fourth-order valence-electron chi connectivity index (χ4n) is 4.29. The van der Waals surface area contributed by atoms with Crippen molar-refractivity contribution < 1.29 is 26.4 Å². The minimum atomic E-state index is -4.39. The Morgan fingerprint density at radius 3 is 2.08 bits per heavy atom. The topological polar surface area (TPSA) is 83.7 Å². The average Bonchev–Trinajstić information content (AvgIpc) is 2.83. The van der Waals surface area contributed by atoms with Gasteiger partial charge in [-0.2, -0.15) is 13.2 Å². The number of primary amides is 1. The number of halogens is 4. The summed E-state index contributed by atoms with van der Waals surface area (Å²) in [5, 5.41) is 0. The predicted molar refractivity (Wildman–Crippen MR) is 142 cm³/mol. The van der Waals surface area contributed by atoms with Gasteiger partial charge in [0.05, 0.1) is 21.7 Å². The zero-order chi connectivity index (χ0) is 26.3. The van der Waals surface area contributed by atoms with E-state index in [9.17, 15) is 26.4 Å². The van der Waals surface area contributed by atoms with Crippen molar-refractivity contribution in [2.45, 2.75) is 11.1 Å². The van der Waals surface area contributed by atoms with E-state index in [1.165, 1.54) is 12.1 Å². The summed E-state index contributed by atoms with van der Waals surface area (Å²) in [6, 6.07) is 15.1. The Hall–Kier alpha value is -2.80. The smallest absolute Gasteiger partial charge is 0.368 e. The van der Waals surface area contributed by atoms with Gasteiger partial charge in [0, 0.05) is 47.3 Å². The first kappa shape index (κ1) is 26.3. The minimum absolute atomic E-state index is 0.167. The number of anilines is 2. The highest BCUT2D eigenvalue weighted by Crippen LogP contribution is 2.38. The van der Waals surface area contributed by atoms with Crippen LogP contribution in [0.3, 0.4) is 0 Å². The molecule has 0 spiro atoms. The van der Waals surface area contributed by atoms with Gasteiger partial charge in [-0.05, 0) is 76.7 Å². The minimum Gasteiger partial charge on any atom is -0.368 e. The first-order valence-corrected chi connectivity index (χ1v) is 13.9. The lowest BCUT2D eigenvalue weighted by Gasteiger charge is -2.39. The van der Waals surface area contributed by atoms with E-state index in [-0.39, 0.29) is 4.90 Å². The molecule has 4 rings (SSSR count). The van der Waals surface area contributed by atoms with Gasteiger partial charge in [0.1, 0.15) is 0 Å². The number of amides is 1. The van der Waals surface area contributed by atoms with Crippen LogP contribution >= 0.6 is 22.6 Å². The third-order valence-electron chi connectivity index (χ3n) is 6.11. The molecule has 1 amide bonds. The molecule has 0 aliphatic carbocycles. The molecule has 1 aliphatic rings. The van der Waals surface area contributed by atoms with Crippen molar-refractivity contribution in [3.8, 4) is 11.1 Å². The lowest BCUT2D eigenvalue weighted by atomic mass is 9.98. The molecule has 1 aliphatic heterocycles. The maximum Gasteiger partial charge on any atom is 0.416 e. The number of para-hydroxylation sites is 1. The number of sulfone groups is 1. The molecule has 1 fully saturated rings. The third-order valence-corrected chi connectivity index (χ3v) is 8.16. The summed E-state index contributed by atoms with van der Waals surface area (Å²) < 4.78 is 63.9. The van der Waals surface area contributed by atoms with Crippen molar-refractivity contribution in [2.24, 2.45) is 5.73 Å². The second-order valence-corrected chi connectivity index (χ2v) is 11.7. The molecule has 0 saturated carbocycles. The lowest BCUT2D eigenvalue weighted by Crippen LogP contribution is -2.47. The molecule has 11 heteroatoms. The highest BCUT2D eigenvalue weighted by Gasteiger charge is 2.31. The molecule has 1 heterocycles. The van der Waals surface area contributed by atoms with Crippen LogP contribution in [-0.2, 0) is 16.0 Å². The van der Waals surface area contributed by atoms with Crippen LogP contribution in [0.25, 0.3) is 11.1 Å². The Balaban J connectivity index is 1.68. The zero-order valence-corrected chi connectivity index (χ0v) is 22.2. The molecule has 190 valence electrons.